The number of hydrogen-bond acceptors (Lipinski definition) is 5. The molecular formula is C12H22ClN3O2. The van der Waals surface area contributed by atoms with Crippen LogP contribution in [0.2, 0.25) is 0 Å². The van der Waals surface area contributed by atoms with Gasteiger partial charge in [-0.2, -0.15) is 4.98 Å². The molecule has 1 heterocycles. The van der Waals surface area contributed by atoms with Crippen LogP contribution < -0.4 is 5.32 Å². The van der Waals surface area contributed by atoms with E-state index in [2.05, 4.69) is 15.5 Å². The van der Waals surface area contributed by atoms with Crippen LogP contribution in [-0.4, -0.2) is 30.4 Å². The first-order valence-electron chi connectivity index (χ1n) is 6.42. The van der Waals surface area contributed by atoms with E-state index in [1.165, 1.54) is 32.1 Å². The quantitative estimate of drug-likeness (QED) is 0.807. The van der Waals surface area contributed by atoms with Gasteiger partial charge in [0.2, 0.25) is 5.89 Å². The Morgan fingerprint density at radius 1 is 1.33 bits per heavy atom. The zero-order chi connectivity index (χ0) is 11.9. The van der Waals surface area contributed by atoms with Gasteiger partial charge in [0.1, 0.15) is 0 Å². The van der Waals surface area contributed by atoms with Crippen LogP contribution in [0.5, 0.6) is 0 Å². The van der Waals surface area contributed by atoms with E-state index in [4.69, 9.17) is 9.26 Å². The van der Waals surface area contributed by atoms with Crippen LogP contribution in [0.3, 0.4) is 0 Å². The highest BCUT2D eigenvalue weighted by Gasteiger charge is 2.20. The average molecular weight is 276 g/mol. The molecule has 1 N–H and O–H groups in total. The van der Waals surface area contributed by atoms with E-state index in [1.807, 2.05) is 0 Å². The zero-order valence-corrected chi connectivity index (χ0v) is 11.7. The molecule has 0 unspecified atom stereocenters. The molecule has 18 heavy (non-hydrogen) atoms. The van der Waals surface area contributed by atoms with Gasteiger partial charge in [-0.15, -0.1) is 12.4 Å². The second kappa shape index (κ2) is 8.45. The van der Waals surface area contributed by atoms with Gasteiger partial charge in [-0.1, -0.05) is 24.4 Å². The number of hydrogen-bond donors (Lipinski definition) is 1. The summed E-state index contributed by atoms with van der Waals surface area (Å²) in [7, 11) is 1.69. The second-order valence-corrected chi connectivity index (χ2v) is 4.55. The Morgan fingerprint density at radius 3 is 2.83 bits per heavy atom. The van der Waals surface area contributed by atoms with Gasteiger partial charge in [-0.25, -0.2) is 0 Å². The Kier molecular flexibility index (Phi) is 7.23. The van der Waals surface area contributed by atoms with Gasteiger partial charge in [0.25, 0.3) is 0 Å². The maximum atomic E-state index is 5.23. The molecule has 0 radical (unpaired) electrons. The summed E-state index contributed by atoms with van der Waals surface area (Å²) < 4.78 is 10.2. The lowest BCUT2D eigenvalue weighted by molar-refractivity contribution is 0.197. The molecule has 1 aromatic heterocycles. The number of halogens is 1. The predicted octanol–water partition coefficient (Wildman–Crippen LogP) is 2.28. The Bertz CT molecular complexity index is 327. The third-order valence-electron chi connectivity index (χ3n) is 3.21. The number of ether oxygens (including phenoxy) is 1. The second-order valence-electron chi connectivity index (χ2n) is 4.55. The molecule has 1 saturated carbocycles. The molecule has 1 aromatic rings. The van der Waals surface area contributed by atoms with Crippen molar-refractivity contribution >= 4 is 12.4 Å². The van der Waals surface area contributed by atoms with Gasteiger partial charge < -0.3 is 14.6 Å². The molecule has 0 aliphatic heterocycles. The van der Waals surface area contributed by atoms with Gasteiger partial charge in [0, 0.05) is 19.6 Å². The Balaban J connectivity index is 0.00000162. The smallest absolute Gasteiger partial charge is 0.240 e. The molecule has 1 aliphatic rings. The van der Waals surface area contributed by atoms with Crippen molar-refractivity contribution in [3.8, 4) is 0 Å². The number of nitrogens with zero attached hydrogens (tertiary/aromatic N) is 2. The molecule has 0 aromatic carbocycles. The van der Waals surface area contributed by atoms with Crippen LogP contribution in [-0.2, 0) is 11.3 Å². The van der Waals surface area contributed by atoms with Crippen LogP contribution in [0.1, 0.15) is 49.7 Å². The molecule has 6 heteroatoms. The average Bonchev–Trinajstić information content (AvgIpc) is 2.85. The molecule has 0 spiro atoms. The summed E-state index contributed by atoms with van der Waals surface area (Å²) >= 11 is 0. The van der Waals surface area contributed by atoms with Gasteiger partial charge >= 0.3 is 0 Å². The van der Waals surface area contributed by atoms with Crippen LogP contribution in [0.25, 0.3) is 0 Å². The molecule has 2 rings (SSSR count). The molecule has 0 saturated heterocycles. The Labute approximate surface area is 114 Å². The molecule has 1 fully saturated rings. The topological polar surface area (TPSA) is 60.2 Å². The van der Waals surface area contributed by atoms with Gasteiger partial charge in [0.15, 0.2) is 5.82 Å². The fraction of sp³-hybridized carbons (Fsp3) is 0.833. The predicted molar refractivity (Wildman–Crippen MR) is 71.0 cm³/mol. The molecule has 0 bridgehead atoms. The Morgan fingerprint density at radius 2 is 2.11 bits per heavy atom. The summed E-state index contributed by atoms with van der Waals surface area (Å²) in [6.45, 7) is 2.13. The first kappa shape index (κ1) is 15.4. The third-order valence-corrected chi connectivity index (χ3v) is 3.21. The van der Waals surface area contributed by atoms with Crippen molar-refractivity contribution in [2.24, 2.45) is 0 Å². The van der Waals surface area contributed by atoms with E-state index in [1.54, 1.807) is 7.11 Å². The lowest BCUT2D eigenvalue weighted by Gasteiger charge is -2.17. The number of nitrogens with one attached hydrogen (secondary N) is 1. The van der Waals surface area contributed by atoms with Crippen molar-refractivity contribution in [3.63, 3.8) is 0 Å². The highest BCUT2D eigenvalue weighted by Crippen LogP contribution is 2.30. The monoisotopic (exact) mass is 275 g/mol. The van der Waals surface area contributed by atoms with Crippen molar-refractivity contribution < 1.29 is 9.26 Å². The summed E-state index contributed by atoms with van der Waals surface area (Å²) in [5.41, 5.74) is 0. The van der Waals surface area contributed by atoms with Crippen molar-refractivity contribution in [2.75, 3.05) is 20.3 Å². The minimum atomic E-state index is 0. The minimum absolute atomic E-state index is 0. The highest BCUT2D eigenvalue weighted by molar-refractivity contribution is 5.85. The molecule has 5 nitrogen and oxygen atoms in total. The third kappa shape index (κ3) is 4.55. The minimum Gasteiger partial charge on any atom is -0.383 e. The van der Waals surface area contributed by atoms with Crippen molar-refractivity contribution in [2.45, 2.75) is 44.6 Å². The van der Waals surface area contributed by atoms with E-state index in [0.29, 0.717) is 25.0 Å². The van der Waals surface area contributed by atoms with Crippen molar-refractivity contribution in [1.29, 1.82) is 0 Å². The number of aromatic nitrogens is 2. The van der Waals surface area contributed by atoms with Gasteiger partial charge in [0.05, 0.1) is 13.2 Å². The first-order valence-corrected chi connectivity index (χ1v) is 6.42. The van der Waals surface area contributed by atoms with E-state index in [-0.39, 0.29) is 12.4 Å². The van der Waals surface area contributed by atoms with Crippen molar-refractivity contribution in [3.05, 3.63) is 11.7 Å². The maximum Gasteiger partial charge on any atom is 0.240 e. The lowest BCUT2D eigenvalue weighted by atomic mass is 9.89. The van der Waals surface area contributed by atoms with Crippen LogP contribution in [0.4, 0.5) is 0 Å². The largest absolute Gasteiger partial charge is 0.383 e. The van der Waals surface area contributed by atoms with Crippen LogP contribution in [0, 0.1) is 0 Å². The highest BCUT2D eigenvalue weighted by atomic mass is 35.5. The summed E-state index contributed by atoms with van der Waals surface area (Å²) in [6, 6.07) is 0. The van der Waals surface area contributed by atoms with E-state index < -0.39 is 0 Å². The van der Waals surface area contributed by atoms with E-state index in [0.717, 1.165) is 12.4 Å². The molecular weight excluding hydrogens is 254 g/mol. The number of rotatable bonds is 6. The molecule has 0 amide bonds. The SMILES string of the molecule is COCCNCc1nc(C2CCCCC2)no1.Cl. The fourth-order valence-electron chi connectivity index (χ4n) is 2.24. The van der Waals surface area contributed by atoms with Crippen LogP contribution >= 0.6 is 12.4 Å². The molecule has 1 aliphatic carbocycles. The maximum absolute atomic E-state index is 5.23. The molecule has 104 valence electrons. The van der Waals surface area contributed by atoms with Gasteiger partial charge in [-0.05, 0) is 12.8 Å². The zero-order valence-electron chi connectivity index (χ0n) is 10.9. The number of methoxy groups -OCH3 is 1. The van der Waals surface area contributed by atoms with Gasteiger partial charge in [-0.3, -0.25) is 0 Å². The summed E-state index contributed by atoms with van der Waals surface area (Å²) in [5, 5.41) is 7.28. The van der Waals surface area contributed by atoms with Crippen molar-refractivity contribution in [1.82, 2.24) is 15.5 Å². The molecule has 0 atom stereocenters. The van der Waals surface area contributed by atoms with E-state index in [9.17, 15) is 0 Å². The fourth-order valence-corrected chi connectivity index (χ4v) is 2.24. The van der Waals surface area contributed by atoms with E-state index >= 15 is 0 Å². The Hall–Kier alpha value is -0.650. The summed E-state index contributed by atoms with van der Waals surface area (Å²) in [5.74, 6) is 2.09. The van der Waals surface area contributed by atoms with Crippen LogP contribution in [0.15, 0.2) is 4.52 Å². The lowest BCUT2D eigenvalue weighted by Crippen LogP contribution is -2.18. The summed E-state index contributed by atoms with van der Waals surface area (Å²) in [4.78, 5) is 4.45. The summed E-state index contributed by atoms with van der Waals surface area (Å²) in [6.07, 6.45) is 6.34. The standard InChI is InChI=1S/C12H21N3O2.ClH/c1-16-8-7-13-9-11-14-12(15-17-11)10-5-3-2-4-6-10;/h10,13H,2-9H2,1H3;1H. The normalized spacial score (nSPS) is 16.5. The first-order chi connectivity index (χ1) is 8.40.